The Bertz CT molecular complexity index is 1270. The van der Waals surface area contributed by atoms with E-state index in [1.165, 1.54) is 0 Å². The number of aromatic nitrogens is 3. The zero-order valence-corrected chi connectivity index (χ0v) is 19.4. The van der Waals surface area contributed by atoms with Crippen LogP contribution < -0.4 is 15.0 Å². The highest BCUT2D eigenvalue weighted by atomic mass is 16.5. The van der Waals surface area contributed by atoms with Gasteiger partial charge >= 0.3 is 0 Å². The van der Waals surface area contributed by atoms with Crippen LogP contribution in [0, 0.1) is 0 Å². The van der Waals surface area contributed by atoms with E-state index in [0.717, 1.165) is 58.1 Å². The highest BCUT2D eigenvalue weighted by Crippen LogP contribution is 2.32. The molecule has 0 amide bonds. The fourth-order valence-electron chi connectivity index (χ4n) is 4.51. The van der Waals surface area contributed by atoms with Crippen molar-refractivity contribution < 1.29 is 9.47 Å². The molecule has 2 aromatic carbocycles. The molecule has 0 bridgehead atoms. The molecule has 1 fully saturated rings. The molecular weight excluding hydrogens is 414 g/mol. The van der Waals surface area contributed by atoms with E-state index in [1.807, 2.05) is 36.3 Å². The summed E-state index contributed by atoms with van der Waals surface area (Å²) < 4.78 is 13.4. The summed E-state index contributed by atoms with van der Waals surface area (Å²) in [4.78, 5) is 6.89. The van der Waals surface area contributed by atoms with Crippen LogP contribution in [-0.4, -0.2) is 47.2 Å². The largest absolute Gasteiger partial charge is 0.497 e. The molecule has 2 atom stereocenters. The SMILES string of the molecule is COc1cc(Nc2cc(-c3ccc4c(cnn4C)c3)ccn2)cc(N2C[C@@H](C)O[C@@H](C)C2)c1. The van der Waals surface area contributed by atoms with Crippen LogP contribution in [0.15, 0.2) is 60.9 Å². The van der Waals surface area contributed by atoms with Gasteiger partial charge in [0.15, 0.2) is 0 Å². The number of ether oxygens (including phenoxy) is 2. The van der Waals surface area contributed by atoms with E-state index in [9.17, 15) is 0 Å². The van der Waals surface area contributed by atoms with Gasteiger partial charge in [-0.2, -0.15) is 5.10 Å². The molecule has 0 aliphatic carbocycles. The smallest absolute Gasteiger partial charge is 0.130 e. The molecule has 0 unspecified atom stereocenters. The summed E-state index contributed by atoms with van der Waals surface area (Å²) in [6, 6.07) is 16.7. The molecule has 0 radical (unpaired) electrons. The zero-order chi connectivity index (χ0) is 22.9. The molecule has 0 spiro atoms. The van der Waals surface area contributed by atoms with Crippen molar-refractivity contribution in [3.8, 4) is 16.9 Å². The number of rotatable bonds is 5. The molecule has 4 aromatic rings. The minimum absolute atomic E-state index is 0.187. The van der Waals surface area contributed by atoms with Gasteiger partial charge in [-0.15, -0.1) is 0 Å². The van der Waals surface area contributed by atoms with Crippen LogP contribution in [0.1, 0.15) is 13.8 Å². The predicted molar refractivity (Wildman–Crippen MR) is 132 cm³/mol. The number of anilines is 3. The number of methoxy groups -OCH3 is 1. The average molecular weight is 444 g/mol. The van der Waals surface area contributed by atoms with Crippen LogP contribution in [0.5, 0.6) is 5.75 Å². The number of hydrogen-bond donors (Lipinski definition) is 1. The summed E-state index contributed by atoms with van der Waals surface area (Å²) in [7, 11) is 3.65. The molecule has 0 saturated carbocycles. The quantitative estimate of drug-likeness (QED) is 0.468. The van der Waals surface area contributed by atoms with E-state index in [-0.39, 0.29) is 12.2 Å². The van der Waals surface area contributed by atoms with E-state index in [4.69, 9.17) is 9.47 Å². The van der Waals surface area contributed by atoms with Crippen molar-refractivity contribution in [3.63, 3.8) is 0 Å². The monoisotopic (exact) mass is 443 g/mol. The number of hydrogen-bond acceptors (Lipinski definition) is 6. The molecule has 3 heterocycles. The number of benzene rings is 2. The number of aryl methyl sites for hydroxylation is 1. The lowest BCUT2D eigenvalue weighted by atomic mass is 10.1. The first-order chi connectivity index (χ1) is 16.0. The maximum atomic E-state index is 5.90. The lowest BCUT2D eigenvalue weighted by molar-refractivity contribution is -0.00522. The molecule has 1 saturated heterocycles. The van der Waals surface area contributed by atoms with Crippen LogP contribution >= 0.6 is 0 Å². The number of nitrogens with one attached hydrogen (secondary N) is 1. The van der Waals surface area contributed by atoms with Crippen LogP contribution in [-0.2, 0) is 11.8 Å². The molecule has 1 N–H and O–H groups in total. The van der Waals surface area contributed by atoms with Crippen molar-refractivity contribution in [2.75, 3.05) is 30.4 Å². The Morgan fingerprint density at radius 2 is 1.79 bits per heavy atom. The highest BCUT2D eigenvalue weighted by molar-refractivity contribution is 5.85. The van der Waals surface area contributed by atoms with Crippen LogP contribution in [0.2, 0.25) is 0 Å². The maximum Gasteiger partial charge on any atom is 0.130 e. The third kappa shape index (κ3) is 4.50. The second-order valence-electron chi connectivity index (χ2n) is 8.68. The number of morpholine rings is 1. The molecule has 170 valence electrons. The minimum Gasteiger partial charge on any atom is -0.497 e. The molecule has 1 aliphatic heterocycles. The van der Waals surface area contributed by atoms with Crippen molar-refractivity contribution in [1.29, 1.82) is 0 Å². The summed E-state index contributed by atoms with van der Waals surface area (Å²) >= 11 is 0. The summed E-state index contributed by atoms with van der Waals surface area (Å²) in [6.07, 6.45) is 4.10. The Balaban J connectivity index is 1.43. The van der Waals surface area contributed by atoms with Gasteiger partial charge in [-0.25, -0.2) is 4.98 Å². The fourth-order valence-corrected chi connectivity index (χ4v) is 4.51. The predicted octanol–water partition coefficient (Wildman–Crippen LogP) is 5.00. The van der Waals surface area contributed by atoms with E-state index < -0.39 is 0 Å². The normalized spacial score (nSPS) is 18.5. The molecule has 7 nitrogen and oxygen atoms in total. The van der Waals surface area contributed by atoms with Gasteiger partial charge < -0.3 is 19.7 Å². The third-order valence-electron chi connectivity index (χ3n) is 6.02. The van der Waals surface area contributed by atoms with Gasteiger partial charge in [0.25, 0.3) is 0 Å². The van der Waals surface area contributed by atoms with Gasteiger partial charge in [-0.3, -0.25) is 4.68 Å². The van der Waals surface area contributed by atoms with Crippen molar-refractivity contribution >= 4 is 28.1 Å². The van der Waals surface area contributed by atoms with E-state index in [0.29, 0.717) is 0 Å². The Morgan fingerprint density at radius 1 is 1.00 bits per heavy atom. The Hall–Kier alpha value is -3.58. The summed E-state index contributed by atoms with van der Waals surface area (Å²) in [5.74, 6) is 1.58. The van der Waals surface area contributed by atoms with Gasteiger partial charge in [-0.05, 0) is 55.3 Å². The first-order valence-corrected chi connectivity index (χ1v) is 11.2. The summed E-state index contributed by atoms with van der Waals surface area (Å²) in [6.45, 7) is 5.92. The second-order valence-corrected chi connectivity index (χ2v) is 8.68. The first kappa shape index (κ1) is 21.3. The van der Waals surface area contributed by atoms with Crippen LogP contribution in [0.3, 0.4) is 0 Å². The molecule has 5 rings (SSSR count). The molecule has 1 aliphatic rings. The topological polar surface area (TPSA) is 64.4 Å². The first-order valence-electron chi connectivity index (χ1n) is 11.2. The average Bonchev–Trinajstić information content (AvgIpc) is 3.18. The van der Waals surface area contributed by atoms with Crippen molar-refractivity contribution in [2.24, 2.45) is 7.05 Å². The summed E-state index contributed by atoms with van der Waals surface area (Å²) in [5, 5.41) is 8.93. The molecule has 7 heteroatoms. The van der Waals surface area contributed by atoms with E-state index >= 15 is 0 Å². The van der Waals surface area contributed by atoms with Gasteiger partial charge in [0.2, 0.25) is 0 Å². The fraction of sp³-hybridized carbons (Fsp3) is 0.308. The Morgan fingerprint density at radius 3 is 2.58 bits per heavy atom. The minimum atomic E-state index is 0.187. The number of nitrogens with zero attached hydrogens (tertiary/aromatic N) is 4. The van der Waals surface area contributed by atoms with Crippen LogP contribution in [0.4, 0.5) is 17.2 Å². The van der Waals surface area contributed by atoms with Gasteiger partial charge in [0.1, 0.15) is 11.6 Å². The highest BCUT2D eigenvalue weighted by Gasteiger charge is 2.23. The van der Waals surface area contributed by atoms with E-state index in [2.05, 4.69) is 70.5 Å². The van der Waals surface area contributed by atoms with Gasteiger partial charge in [-0.1, -0.05) is 6.07 Å². The lowest BCUT2D eigenvalue weighted by Gasteiger charge is -2.37. The number of fused-ring (bicyclic) bond motifs is 1. The molecular formula is C26H29N5O2. The number of pyridine rings is 1. The summed E-state index contributed by atoms with van der Waals surface area (Å²) in [5.41, 5.74) is 5.38. The molecule has 33 heavy (non-hydrogen) atoms. The molecule has 2 aromatic heterocycles. The Kier molecular flexibility index (Phi) is 5.64. The van der Waals surface area contributed by atoms with Crippen molar-refractivity contribution in [3.05, 3.63) is 60.9 Å². The van der Waals surface area contributed by atoms with Crippen LogP contribution in [0.25, 0.3) is 22.0 Å². The van der Waals surface area contributed by atoms with Gasteiger partial charge in [0.05, 0.1) is 31.0 Å². The van der Waals surface area contributed by atoms with E-state index in [1.54, 1.807) is 7.11 Å². The zero-order valence-electron chi connectivity index (χ0n) is 19.4. The lowest BCUT2D eigenvalue weighted by Crippen LogP contribution is -2.45. The second kappa shape index (κ2) is 8.75. The third-order valence-corrected chi connectivity index (χ3v) is 6.02. The van der Waals surface area contributed by atoms with Crippen molar-refractivity contribution in [2.45, 2.75) is 26.1 Å². The Labute approximate surface area is 194 Å². The van der Waals surface area contributed by atoms with Crippen molar-refractivity contribution in [1.82, 2.24) is 14.8 Å². The van der Waals surface area contributed by atoms with Gasteiger partial charge in [0, 0.05) is 55.2 Å². The maximum absolute atomic E-state index is 5.90. The standard InChI is InChI=1S/C26H29N5O2/c1-17-15-31(16-18(2)33-17)23-11-22(12-24(13-23)32-4)29-26-10-20(7-8-27-26)19-5-6-25-21(9-19)14-28-30(25)3/h5-14,17-18H,15-16H2,1-4H3,(H,27,29)/t17-,18+.